The second kappa shape index (κ2) is 5.63. The van der Waals surface area contributed by atoms with E-state index in [4.69, 9.17) is 23.8 Å². The Morgan fingerprint density at radius 3 is 2.47 bits per heavy atom. The Labute approximate surface area is 119 Å². The molecule has 0 bridgehead atoms. The molecule has 0 aromatic heterocycles. The van der Waals surface area contributed by atoms with Gasteiger partial charge in [0.25, 0.3) is 0 Å². The minimum Gasteiger partial charge on any atom is -0.345 e. The first-order valence-electron chi connectivity index (χ1n) is 4.98. The van der Waals surface area contributed by atoms with Gasteiger partial charge in [-0.25, -0.2) is 0 Å². The van der Waals surface area contributed by atoms with Crippen LogP contribution in [0, 0.1) is 0 Å². The molecule has 0 aliphatic rings. The molecule has 0 amide bonds. The predicted molar refractivity (Wildman–Crippen MR) is 80.9 cm³/mol. The molecule has 0 spiro atoms. The summed E-state index contributed by atoms with van der Waals surface area (Å²) in [6.07, 6.45) is 0. The summed E-state index contributed by atoms with van der Waals surface area (Å²) >= 11 is 14.7. The third-order valence-electron chi connectivity index (χ3n) is 2.22. The van der Waals surface area contributed by atoms with E-state index in [0.29, 0.717) is 10.0 Å². The second-order valence-corrected chi connectivity index (χ2v) is 5.14. The first-order valence-corrected chi connectivity index (χ1v) is 6.56. The number of anilines is 1. The highest BCUT2D eigenvalue weighted by Gasteiger charge is 2.04. The molecule has 0 fully saturated rings. The van der Waals surface area contributed by atoms with E-state index in [1.54, 1.807) is 0 Å². The van der Waals surface area contributed by atoms with Crippen LogP contribution in [0.4, 0.5) is 5.69 Å². The van der Waals surface area contributed by atoms with Crippen LogP contribution in [0.1, 0.15) is 5.56 Å². The number of thiocarbonyl (C=S) groups is 1. The molecule has 1 N–H and O–H groups in total. The van der Waals surface area contributed by atoms with Crippen LogP contribution < -0.4 is 5.32 Å². The molecule has 0 aliphatic carbocycles. The van der Waals surface area contributed by atoms with Crippen LogP contribution >= 0.6 is 39.7 Å². The maximum absolute atomic E-state index is 5.88. The van der Waals surface area contributed by atoms with Gasteiger partial charge >= 0.3 is 0 Å². The Kier molecular flexibility index (Phi) is 4.15. The first kappa shape index (κ1) is 12.6. The Morgan fingerprint density at radius 2 is 1.82 bits per heavy atom. The predicted octanol–water partition coefficient (Wildman–Crippen LogP) is 4.89. The number of benzene rings is 2. The SMILES string of the molecule is S=C(Nc1ccc(Cl)cc1Br)c1ccccc1. The third-order valence-corrected chi connectivity index (χ3v) is 3.44. The summed E-state index contributed by atoms with van der Waals surface area (Å²) in [6.45, 7) is 0. The van der Waals surface area contributed by atoms with Crippen LogP contribution in [0.2, 0.25) is 5.02 Å². The normalized spacial score (nSPS) is 10.0. The van der Waals surface area contributed by atoms with Gasteiger partial charge in [-0.3, -0.25) is 0 Å². The lowest BCUT2D eigenvalue weighted by atomic mass is 10.2. The highest BCUT2D eigenvalue weighted by molar-refractivity contribution is 9.10. The molecule has 0 aliphatic heterocycles. The van der Waals surface area contributed by atoms with Gasteiger partial charge in [0, 0.05) is 15.1 Å². The maximum atomic E-state index is 5.88. The molecule has 4 heteroatoms. The minimum absolute atomic E-state index is 0.688. The van der Waals surface area contributed by atoms with Crippen molar-refractivity contribution in [2.45, 2.75) is 0 Å². The third kappa shape index (κ3) is 3.28. The molecule has 0 unspecified atom stereocenters. The van der Waals surface area contributed by atoms with Crippen molar-refractivity contribution in [3.05, 3.63) is 63.6 Å². The molecule has 17 heavy (non-hydrogen) atoms. The highest BCUT2D eigenvalue weighted by Crippen LogP contribution is 2.26. The average molecular weight is 327 g/mol. The standard InChI is InChI=1S/C13H9BrClNS/c14-11-8-10(15)6-7-12(11)16-13(17)9-4-2-1-3-5-9/h1-8H,(H,16,17). The van der Waals surface area contributed by atoms with Crippen molar-refractivity contribution in [3.8, 4) is 0 Å². The van der Waals surface area contributed by atoms with Gasteiger partial charge in [-0.15, -0.1) is 0 Å². The summed E-state index contributed by atoms with van der Waals surface area (Å²) in [7, 11) is 0. The van der Waals surface area contributed by atoms with Crippen molar-refractivity contribution in [2.24, 2.45) is 0 Å². The Bertz CT molecular complexity index is 542. The molecule has 0 atom stereocenters. The van der Waals surface area contributed by atoms with Gasteiger partial charge in [-0.05, 0) is 34.1 Å². The summed E-state index contributed by atoms with van der Waals surface area (Å²) in [6, 6.07) is 15.4. The van der Waals surface area contributed by atoms with Gasteiger partial charge < -0.3 is 5.32 Å². The van der Waals surface area contributed by atoms with Crippen LogP contribution in [0.15, 0.2) is 53.0 Å². The van der Waals surface area contributed by atoms with E-state index in [9.17, 15) is 0 Å². The van der Waals surface area contributed by atoms with Crippen molar-refractivity contribution in [2.75, 3.05) is 5.32 Å². The summed E-state index contributed by atoms with van der Waals surface area (Å²) in [5.41, 5.74) is 1.90. The van der Waals surface area contributed by atoms with Gasteiger partial charge in [-0.1, -0.05) is 54.2 Å². The monoisotopic (exact) mass is 325 g/mol. The largest absolute Gasteiger partial charge is 0.345 e. The highest BCUT2D eigenvalue weighted by atomic mass is 79.9. The lowest BCUT2D eigenvalue weighted by Crippen LogP contribution is -2.10. The molecule has 0 radical (unpaired) electrons. The zero-order valence-electron chi connectivity index (χ0n) is 8.78. The zero-order valence-corrected chi connectivity index (χ0v) is 11.9. The second-order valence-electron chi connectivity index (χ2n) is 3.44. The Hall–Kier alpha value is -0.900. The molecule has 0 saturated carbocycles. The number of hydrogen-bond donors (Lipinski definition) is 1. The van der Waals surface area contributed by atoms with Crippen molar-refractivity contribution in [1.82, 2.24) is 0 Å². The molecule has 2 aromatic rings. The average Bonchev–Trinajstić information content (AvgIpc) is 2.34. The van der Waals surface area contributed by atoms with Crippen LogP contribution in [0.5, 0.6) is 0 Å². The zero-order chi connectivity index (χ0) is 12.3. The lowest BCUT2D eigenvalue weighted by molar-refractivity contribution is 1.58. The fourth-order valence-corrected chi connectivity index (χ4v) is 2.40. The number of halogens is 2. The van der Waals surface area contributed by atoms with Crippen LogP contribution in [-0.2, 0) is 0 Å². The van der Waals surface area contributed by atoms with Gasteiger partial charge in [-0.2, -0.15) is 0 Å². The molecule has 2 aromatic carbocycles. The van der Waals surface area contributed by atoms with Gasteiger partial charge in [0.2, 0.25) is 0 Å². The van der Waals surface area contributed by atoms with E-state index in [-0.39, 0.29) is 0 Å². The smallest absolute Gasteiger partial charge is 0.111 e. The van der Waals surface area contributed by atoms with E-state index >= 15 is 0 Å². The van der Waals surface area contributed by atoms with Crippen molar-refractivity contribution >= 4 is 50.4 Å². The van der Waals surface area contributed by atoms with Crippen molar-refractivity contribution < 1.29 is 0 Å². The van der Waals surface area contributed by atoms with Gasteiger partial charge in [0.05, 0.1) is 5.69 Å². The molecular formula is C13H9BrClNS. The Morgan fingerprint density at radius 1 is 1.12 bits per heavy atom. The fourth-order valence-electron chi connectivity index (χ4n) is 1.37. The van der Waals surface area contributed by atoms with E-state index < -0.39 is 0 Å². The molecule has 86 valence electrons. The number of hydrogen-bond acceptors (Lipinski definition) is 1. The number of rotatable bonds is 2. The van der Waals surface area contributed by atoms with Crippen LogP contribution in [-0.4, -0.2) is 4.99 Å². The van der Waals surface area contributed by atoms with Gasteiger partial charge in [0.15, 0.2) is 0 Å². The van der Waals surface area contributed by atoms with E-state index in [0.717, 1.165) is 15.7 Å². The molecular weight excluding hydrogens is 318 g/mol. The van der Waals surface area contributed by atoms with Crippen molar-refractivity contribution in [3.63, 3.8) is 0 Å². The molecule has 2 rings (SSSR count). The molecule has 1 nitrogen and oxygen atoms in total. The van der Waals surface area contributed by atoms with Crippen LogP contribution in [0.3, 0.4) is 0 Å². The van der Waals surface area contributed by atoms with E-state index in [1.807, 2.05) is 48.5 Å². The minimum atomic E-state index is 0.688. The topological polar surface area (TPSA) is 12.0 Å². The molecule has 0 heterocycles. The summed E-state index contributed by atoms with van der Waals surface area (Å²) in [5.74, 6) is 0. The number of nitrogens with one attached hydrogen (secondary N) is 1. The van der Waals surface area contributed by atoms with Gasteiger partial charge in [0.1, 0.15) is 4.99 Å². The molecule has 0 saturated heterocycles. The lowest BCUT2D eigenvalue weighted by Gasteiger charge is -2.10. The summed E-state index contributed by atoms with van der Waals surface area (Å²) in [5, 5.41) is 3.87. The maximum Gasteiger partial charge on any atom is 0.111 e. The quantitative estimate of drug-likeness (QED) is 0.789. The fraction of sp³-hybridized carbons (Fsp3) is 0. The Balaban J connectivity index is 2.19. The van der Waals surface area contributed by atoms with E-state index in [2.05, 4.69) is 21.2 Å². The van der Waals surface area contributed by atoms with Crippen LogP contribution in [0.25, 0.3) is 0 Å². The summed E-state index contributed by atoms with van der Waals surface area (Å²) in [4.78, 5) is 0.689. The summed E-state index contributed by atoms with van der Waals surface area (Å²) < 4.78 is 0.892. The first-order chi connectivity index (χ1) is 8.16. The van der Waals surface area contributed by atoms with E-state index in [1.165, 1.54) is 0 Å². The van der Waals surface area contributed by atoms with Crippen molar-refractivity contribution in [1.29, 1.82) is 0 Å².